The van der Waals surface area contributed by atoms with Crippen LogP contribution in [0.15, 0.2) is 48.5 Å². The van der Waals surface area contributed by atoms with Gasteiger partial charge in [-0.1, -0.05) is 24.3 Å². The van der Waals surface area contributed by atoms with Crippen LogP contribution in [0.4, 0.5) is 23.7 Å². The van der Waals surface area contributed by atoms with Gasteiger partial charge in [0.15, 0.2) is 0 Å². The second-order valence-corrected chi connectivity index (χ2v) is 6.59. The number of nitrogens with zero attached hydrogens (tertiary/aromatic N) is 2. The van der Waals surface area contributed by atoms with E-state index in [0.29, 0.717) is 26.2 Å². The van der Waals surface area contributed by atoms with Crippen LogP contribution >= 0.6 is 0 Å². The van der Waals surface area contributed by atoms with Crippen molar-refractivity contribution < 1.29 is 22.7 Å². The smallest absolute Gasteiger partial charge is 0.418 e. The first kappa shape index (κ1) is 20.0. The highest BCUT2D eigenvalue weighted by Crippen LogP contribution is 2.34. The minimum Gasteiger partial charge on any atom is -0.497 e. The molecule has 8 heteroatoms. The number of amides is 2. The van der Waals surface area contributed by atoms with Gasteiger partial charge in [0, 0.05) is 32.7 Å². The number of methoxy groups -OCH3 is 1. The Morgan fingerprint density at radius 1 is 1.07 bits per heavy atom. The zero-order valence-electron chi connectivity index (χ0n) is 15.5. The number of halogens is 3. The van der Waals surface area contributed by atoms with Crippen LogP contribution in [0.25, 0.3) is 0 Å². The molecule has 0 atom stereocenters. The Kier molecular flexibility index (Phi) is 6.08. The van der Waals surface area contributed by atoms with Crippen molar-refractivity contribution in [3.8, 4) is 5.75 Å². The molecule has 2 aromatic rings. The fraction of sp³-hybridized carbons (Fsp3) is 0.350. The molecule has 1 saturated heterocycles. The molecule has 0 unspecified atom stereocenters. The molecule has 0 aliphatic carbocycles. The Balaban J connectivity index is 1.56. The van der Waals surface area contributed by atoms with Gasteiger partial charge in [0.25, 0.3) is 0 Å². The summed E-state index contributed by atoms with van der Waals surface area (Å²) >= 11 is 0. The number of urea groups is 1. The Morgan fingerprint density at radius 2 is 1.79 bits per heavy atom. The standard InChI is InChI=1S/C20H22F3N3O2/c1-28-16-6-4-5-15(13-16)14-25-9-11-26(12-10-25)19(27)24-18-8-3-2-7-17(18)20(21,22)23/h2-8,13H,9-12,14H2,1H3,(H,24,27). The molecule has 0 spiro atoms. The molecule has 0 aromatic heterocycles. The second-order valence-electron chi connectivity index (χ2n) is 6.59. The van der Waals surface area contributed by atoms with E-state index in [4.69, 9.17) is 4.74 Å². The molecule has 3 rings (SSSR count). The zero-order valence-corrected chi connectivity index (χ0v) is 15.5. The van der Waals surface area contributed by atoms with Gasteiger partial charge in [-0.3, -0.25) is 4.90 Å². The predicted octanol–water partition coefficient (Wildman–Crippen LogP) is 4.06. The second kappa shape index (κ2) is 8.52. The lowest BCUT2D eigenvalue weighted by Gasteiger charge is -2.34. The predicted molar refractivity (Wildman–Crippen MR) is 100 cm³/mol. The van der Waals surface area contributed by atoms with E-state index in [0.717, 1.165) is 23.9 Å². The highest BCUT2D eigenvalue weighted by Gasteiger charge is 2.34. The maximum atomic E-state index is 13.1. The van der Waals surface area contributed by atoms with Crippen molar-refractivity contribution in [2.75, 3.05) is 38.6 Å². The molecule has 1 aliphatic heterocycles. The summed E-state index contributed by atoms with van der Waals surface area (Å²) in [6, 6.07) is 12.3. The van der Waals surface area contributed by atoms with Gasteiger partial charge >= 0.3 is 12.2 Å². The average Bonchev–Trinajstić information content (AvgIpc) is 2.68. The number of hydrogen-bond donors (Lipinski definition) is 1. The number of piperazine rings is 1. The number of para-hydroxylation sites is 1. The highest BCUT2D eigenvalue weighted by molar-refractivity contribution is 5.90. The van der Waals surface area contributed by atoms with Gasteiger partial charge in [0.05, 0.1) is 18.4 Å². The van der Waals surface area contributed by atoms with Crippen molar-refractivity contribution in [1.29, 1.82) is 0 Å². The lowest BCUT2D eigenvalue weighted by molar-refractivity contribution is -0.136. The molecule has 2 amide bonds. The molecule has 0 radical (unpaired) electrons. The Hall–Kier alpha value is -2.74. The maximum Gasteiger partial charge on any atom is 0.418 e. The number of benzene rings is 2. The maximum absolute atomic E-state index is 13.1. The van der Waals surface area contributed by atoms with Crippen molar-refractivity contribution in [2.24, 2.45) is 0 Å². The Bertz CT molecular complexity index is 818. The molecule has 0 bridgehead atoms. The topological polar surface area (TPSA) is 44.8 Å². The quantitative estimate of drug-likeness (QED) is 0.852. The molecule has 1 N–H and O–H groups in total. The van der Waals surface area contributed by atoms with E-state index in [1.54, 1.807) is 7.11 Å². The number of ether oxygens (including phenoxy) is 1. The molecule has 150 valence electrons. The summed E-state index contributed by atoms with van der Waals surface area (Å²) in [6.07, 6.45) is -4.51. The van der Waals surface area contributed by atoms with Crippen LogP contribution in [0.3, 0.4) is 0 Å². The molecule has 5 nitrogen and oxygen atoms in total. The third kappa shape index (κ3) is 4.95. The van der Waals surface area contributed by atoms with Crippen LogP contribution in [0.1, 0.15) is 11.1 Å². The zero-order chi connectivity index (χ0) is 20.1. The van der Waals surface area contributed by atoms with Gasteiger partial charge < -0.3 is 15.0 Å². The highest BCUT2D eigenvalue weighted by atomic mass is 19.4. The van der Waals surface area contributed by atoms with Gasteiger partial charge in [0.2, 0.25) is 0 Å². The monoisotopic (exact) mass is 393 g/mol. The molecule has 0 saturated carbocycles. The van der Waals surface area contributed by atoms with Gasteiger partial charge in [-0.2, -0.15) is 13.2 Å². The summed E-state index contributed by atoms with van der Waals surface area (Å²) in [7, 11) is 1.62. The van der Waals surface area contributed by atoms with Crippen LogP contribution in [0, 0.1) is 0 Å². The number of nitrogens with one attached hydrogen (secondary N) is 1. The van der Waals surface area contributed by atoms with Crippen LogP contribution in [0.5, 0.6) is 5.75 Å². The fourth-order valence-corrected chi connectivity index (χ4v) is 3.17. The Morgan fingerprint density at radius 3 is 2.46 bits per heavy atom. The lowest BCUT2D eigenvalue weighted by atomic mass is 10.1. The first-order valence-corrected chi connectivity index (χ1v) is 8.94. The van der Waals surface area contributed by atoms with E-state index in [-0.39, 0.29) is 5.69 Å². The fourth-order valence-electron chi connectivity index (χ4n) is 3.17. The van der Waals surface area contributed by atoms with Crippen molar-refractivity contribution in [2.45, 2.75) is 12.7 Å². The third-order valence-corrected chi connectivity index (χ3v) is 4.67. The number of carbonyl (C=O) groups is 1. The van der Waals surface area contributed by atoms with Crippen LogP contribution in [0.2, 0.25) is 0 Å². The SMILES string of the molecule is COc1cccc(CN2CCN(C(=O)Nc3ccccc3C(F)(F)F)CC2)c1. The lowest BCUT2D eigenvalue weighted by Crippen LogP contribution is -2.49. The molecule has 1 fully saturated rings. The van der Waals surface area contributed by atoms with Gasteiger partial charge in [-0.15, -0.1) is 0 Å². The van der Waals surface area contributed by atoms with E-state index in [1.807, 2.05) is 24.3 Å². The minimum atomic E-state index is -4.51. The van der Waals surface area contributed by atoms with E-state index < -0.39 is 17.8 Å². The molecular weight excluding hydrogens is 371 g/mol. The largest absolute Gasteiger partial charge is 0.497 e. The van der Waals surface area contributed by atoms with Gasteiger partial charge in [-0.05, 0) is 29.8 Å². The minimum absolute atomic E-state index is 0.223. The van der Waals surface area contributed by atoms with Gasteiger partial charge in [-0.25, -0.2) is 4.79 Å². The molecule has 2 aromatic carbocycles. The molecule has 1 heterocycles. The summed E-state index contributed by atoms with van der Waals surface area (Å²) in [5.74, 6) is 0.791. The summed E-state index contributed by atoms with van der Waals surface area (Å²) in [4.78, 5) is 16.1. The molecule has 28 heavy (non-hydrogen) atoms. The number of anilines is 1. The first-order chi connectivity index (χ1) is 13.4. The number of hydrogen-bond acceptors (Lipinski definition) is 3. The summed E-state index contributed by atoms with van der Waals surface area (Å²) in [6.45, 7) is 2.91. The summed E-state index contributed by atoms with van der Waals surface area (Å²) in [5, 5.41) is 2.40. The first-order valence-electron chi connectivity index (χ1n) is 8.94. The van der Waals surface area contributed by atoms with E-state index in [9.17, 15) is 18.0 Å². The van der Waals surface area contributed by atoms with E-state index in [1.165, 1.54) is 23.1 Å². The van der Waals surface area contributed by atoms with E-state index >= 15 is 0 Å². The van der Waals surface area contributed by atoms with Crippen LogP contribution < -0.4 is 10.1 Å². The number of rotatable bonds is 4. The van der Waals surface area contributed by atoms with Crippen molar-refractivity contribution in [3.63, 3.8) is 0 Å². The third-order valence-electron chi connectivity index (χ3n) is 4.67. The van der Waals surface area contributed by atoms with Crippen LogP contribution in [-0.4, -0.2) is 49.1 Å². The van der Waals surface area contributed by atoms with Crippen molar-refractivity contribution >= 4 is 11.7 Å². The van der Waals surface area contributed by atoms with Crippen molar-refractivity contribution in [3.05, 3.63) is 59.7 Å². The number of carbonyl (C=O) groups excluding carboxylic acids is 1. The molecular formula is C20H22F3N3O2. The summed E-state index contributed by atoms with van der Waals surface area (Å²) < 4.78 is 44.4. The molecule has 1 aliphatic rings. The van der Waals surface area contributed by atoms with E-state index in [2.05, 4.69) is 10.2 Å². The average molecular weight is 393 g/mol. The van der Waals surface area contributed by atoms with Crippen LogP contribution in [-0.2, 0) is 12.7 Å². The van der Waals surface area contributed by atoms with Gasteiger partial charge in [0.1, 0.15) is 5.75 Å². The summed E-state index contributed by atoms with van der Waals surface area (Å²) in [5.41, 5.74) is 0.0372. The normalized spacial score (nSPS) is 15.4. The van der Waals surface area contributed by atoms with Crippen molar-refractivity contribution in [1.82, 2.24) is 9.80 Å². The Labute approximate surface area is 161 Å². The number of alkyl halides is 3.